The molecule has 0 aromatic heterocycles. The number of halogens is 1. The van der Waals surface area contributed by atoms with E-state index in [2.05, 4.69) is 4.74 Å². The zero-order valence-corrected chi connectivity index (χ0v) is 11.7. The summed E-state index contributed by atoms with van der Waals surface area (Å²) in [6.07, 6.45) is -0.549. The molecule has 0 saturated carbocycles. The molecule has 0 aromatic carbocycles. The number of rotatable bonds is 6. The molecule has 0 rings (SSSR count). The standard InChI is InChI=1S/C8H17NO3.C3H5ClO2/c1-5(2)3-6(9)7(10)4-8(11)12;1-2-6-3(4)5/h5-7,10H,3-4,9H2,1-2H3,(H,11,12);2H2,1H3. The van der Waals surface area contributed by atoms with Gasteiger partial charge in [-0.15, -0.1) is 0 Å². The van der Waals surface area contributed by atoms with Crippen LogP contribution in [-0.2, 0) is 9.53 Å². The largest absolute Gasteiger partial charge is 0.481 e. The summed E-state index contributed by atoms with van der Waals surface area (Å²) in [5.74, 6) is -0.634. The quantitative estimate of drug-likeness (QED) is 0.638. The summed E-state index contributed by atoms with van der Waals surface area (Å²) in [6.45, 7) is 6.00. The maximum Gasteiger partial charge on any atom is 0.403 e. The van der Waals surface area contributed by atoms with Gasteiger partial charge in [0.25, 0.3) is 0 Å². The van der Waals surface area contributed by atoms with Crippen molar-refractivity contribution in [3.8, 4) is 0 Å². The third-order valence-corrected chi connectivity index (χ3v) is 1.99. The molecule has 0 aliphatic rings. The number of aliphatic hydroxyl groups excluding tert-OH is 1. The maximum absolute atomic E-state index is 10.2. The van der Waals surface area contributed by atoms with Crippen LogP contribution in [0.1, 0.15) is 33.6 Å². The van der Waals surface area contributed by atoms with E-state index in [1.807, 2.05) is 13.8 Å². The molecule has 0 heterocycles. The molecule has 7 heteroatoms. The van der Waals surface area contributed by atoms with Gasteiger partial charge in [0.2, 0.25) is 0 Å². The fourth-order valence-electron chi connectivity index (χ4n) is 1.15. The third kappa shape index (κ3) is 15.1. The van der Waals surface area contributed by atoms with Gasteiger partial charge in [0, 0.05) is 17.6 Å². The zero-order valence-electron chi connectivity index (χ0n) is 10.9. The second-order valence-corrected chi connectivity index (χ2v) is 4.44. The summed E-state index contributed by atoms with van der Waals surface area (Å²) < 4.78 is 4.17. The van der Waals surface area contributed by atoms with Crippen LogP contribution in [0.5, 0.6) is 0 Å². The number of ether oxygens (including phenoxy) is 1. The molecule has 0 radical (unpaired) electrons. The molecule has 0 fully saturated rings. The first-order chi connectivity index (χ1) is 8.20. The van der Waals surface area contributed by atoms with Crippen molar-refractivity contribution in [2.75, 3.05) is 6.61 Å². The van der Waals surface area contributed by atoms with Crippen LogP contribution in [-0.4, -0.2) is 40.4 Å². The van der Waals surface area contributed by atoms with Gasteiger partial charge in [-0.1, -0.05) is 13.8 Å². The van der Waals surface area contributed by atoms with Crippen molar-refractivity contribution in [1.82, 2.24) is 0 Å². The topological polar surface area (TPSA) is 110 Å². The number of carboxylic acids is 1. The Kier molecular flexibility index (Phi) is 12.2. The first kappa shape index (κ1) is 19.5. The normalized spacial score (nSPS) is 13.3. The lowest BCUT2D eigenvalue weighted by Crippen LogP contribution is -2.37. The first-order valence-corrected chi connectivity index (χ1v) is 6.06. The highest BCUT2D eigenvalue weighted by Gasteiger charge is 2.18. The molecule has 2 unspecified atom stereocenters. The molecule has 2 atom stereocenters. The monoisotopic (exact) mass is 283 g/mol. The van der Waals surface area contributed by atoms with Crippen LogP contribution in [0.25, 0.3) is 0 Å². The maximum atomic E-state index is 10.2. The van der Waals surface area contributed by atoms with Crippen LogP contribution >= 0.6 is 11.6 Å². The van der Waals surface area contributed by atoms with Crippen LogP contribution < -0.4 is 5.73 Å². The summed E-state index contributed by atoms with van der Waals surface area (Å²) in [6, 6.07) is -0.430. The SMILES string of the molecule is CC(C)CC(N)C(O)CC(=O)O.CCOC(=O)Cl. The van der Waals surface area contributed by atoms with E-state index in [9.17, 15) is 14.7 Å². The second kappa shape index (κ2) is 11.3. The molecule has 0 amide bonds. The van der Waals surface area contributed by atoms with E-state index in [-0.39, 0.29) is 6.42 Å². The number of aliphatic carboxylic acids is 1. The molecule has 0 saturated heterocycles. The van der Waals surface area contributed by atoms with E-state index in [0.29, 0.717) is 18.9 Å². The van der Waals surface area contributed by atoms with Crippen molar-refractivity contribution in [3.05, 3.63) is 0 Å². The summed E-state index contributed by atoms with van der Waals surface area (Å²) in [5.41, 5.74) is 4.81. The van der Waals surface area contributed by atoms with Crippen molar-refractivity contribution >= 4 is 23.0 Å². The fraction of sp³-hybridized carbons (Fsp3) is 0.818. The Morgan fingerprint density at radius 3 is 2.11 bits per heavy atom. The minimum Gasteiger partial charge on any atom is -0.481 e. The van der Waals surface area contributed by atoms with Crippen LogP contribution in [0, 0.1) is 5.92 Å². The number of hydrogen-bond donors (Lipinski definition) is 3. The van der Waals surface area contributed by atoms with E-state index in [1.165, 1.54) is 0 Å². The lowest BCUT2D eigenvalue weighted by Gasteiger charge is -2.18. The van der Waals surface area contributed by atoms with Crippen LogP contribution in [0.2, 0.25) is 0 Å². The summed E-state index contributed by atoms with van der Waals surface area (Å²) in [4.78, 5) is 19.8. The van der Waals surface area contributed by atoms with E-state index in [4.69, 9.17) is 22.4 Å². The van der Waals surface area contributed by atoms with Crippen molar-refractivity contribution in [2.24, 2.45) is 11.7 Å². The van der Waals surface area contributed by atoms with Gasteiger partial charge in [-0.3, -0.25) is 4.79 Å². The summed E-state index contributed by atoms with van der Waals surface area (Å²) >= 11 is 4.72. The Hall–Kier alpha value is -0.850. The smallest absolute Gasteiger partial charge is 0.403 e. The first-order valence-electron chi connectivity index (χ1n) is 5.68. The Balaban J connectivity index is 0. The van der Waals surface area contributed by atoms with Crippen molar-refractivity contribution in [2.45, 2.75) is 45.8 Å². The number of carboxylic acid groups (broad SMARTS) is 1. The van der Waals surface area contributed by atoms with Crippen molar-refractivity contribution in [3.63, 3.8) is 0 Å². The van der Waals surface area contributed by atoms with Gasteiger partial charge < -0.3 is 20.7 Å². The van der Waals surface area contributed by atoms with Crippen molar-refractivity contribution in [1.29, 1.82) is 0 Å². The molecule has 0 bridgehead atoms. The highest BCUT2D eigenvalue weighted by atomic mass is 35.5. The van der Waals surface area contributed by atoms with Crippen LogP contribution in [0.4, 0.5) is 4.79 Å². The summed E-state index contributed by atoms with van der Waals surface area (Å²) in [7, 11) is 0. The van der Waals surface area contributed by atoms with Crippen LogP contribution in [0.3, 0.4) is 0 Å². The van der Waals surface area contributed by atoms with E-state index in [0.717, 1.165) is 0 Å². The van der Waals surface area contributed by atoms with E-state index in [1.54, 1.807) is 6.92 Å². The molecule has 0 aliphatic carbocycles. The minimum atomic E-state index is -1.01. The average molecular weight is 284 g/mol. The van der Waals surface area contributed by atoms with Gasteiger partial charge in [0.15, 0.2) is 0 Å². The number of hydrogen-bond acceptors (Lipinski definition) is 5. The van der Waals surface area contributed by atoms with E-state index < -0.39 is 23.5 Å². The molecule has 0 aliphatic heterocycles. The van der Waals surface area contributed by atoms with Gasteiger partial charge in [-0.05, 0) is 19.3 Å². The number of nitrogens with two attached hydrogens (primary N) is 1. The third-order valence-electron chi connectivity index (χ3n) is 1.88. The highest BCUT2D eigenvalue weighted by molar-refractivity contribution is 6.61. The van der Waals surface area contributed by atoms with Gasteiger partial charge in [0.1, 0.15) is 0 Å². The molecule has 6 nitrogen and oxygen atoms in total. The lowest BCUT2D eigenvalue weighted by molar-refractivity contribution is -0.139. The predicted molar refractivity (Wildman–Crippen MR) is 68.6 cm³/mol. The Morgan fingerprint density at radius 2 is 1.89 bits per heavy atom. The molecule has 18 heavy (non-hydrogen) atoms. The average Bonchev–Trinajstić information content (AvgIpc) is 2.15. The zero-order chi connectivity index (χ0) is 14.7. The predicted octanol–water partition coefficient (Wildman–Crippen LogP) is 1.58. The minimum absolute atomic E-state index is 0.270. The van der Waals surface area contributed by atoms with Gasteiger partial charge in [-0.2, -0.15) is 0 Å². The number of carbonyl (C=O) groups is 2. The van der Waals surface area contributed by atoms with Crippen LogP contribution in [0.15, 0.2) is 0 Å². The molecular weight excluding hydrogens is 262 g/mol. The number of aliphatic hydroxyl groups is 1. The molecule has 108 valence electrons. The van der Waals surface area contributed by atoms with Gasteiger partial charge >= 0.3 is 11.4 Å². The Morgan fingerprint density at radius 1 is 1.39 bits per heavy atom. The van der Waals surface area contributed by atoms with Gasteiger partial charge in [0.05, 0.1) is 19.1 Å². The summed E-state index contributed by atoms with van der Waals surface area (Å²) in [5, 5.41) is 17.6. The van der Waals surface area contributed by atoms with Crippen molar-refractivity contribution < 1.29 is 24.5 Å². The molecule has 0 spiro atoms. The Bertz CT molecular complexity index is 248. The Labute approximate surface area is 112 Å². The number of carbonyl (C=O) groups excluding carboxylic acids is 1. The highest BCUT2D eigenvalue weighted by Crippen LogP contribution is 2.08. The second-order valence-electron chi connectivity index (χ2n) is 4.13. The molecule has 0 aromatic rings. The lowest BCUT2D eigenvalue weighted by atomic mass is 9.98. The molecular formula is C11H22ClNO5. The molecule has 4 N–H and O–H groups in total. The van der Waals surface area contributed by atoms with Gasteiger partial charge in [-0.25, -0.2) is 4.79 Å². The fourth-order valence-corrected chi connectivity index (χ4v) is 1.25. The van der Waals surface area contributed by atoms with E-state index >= 15 is 0 Å².